The van der Waals surface area contributed by atoms with E-state index in [4.69, 9.17) is 9.47 Å². The first kappa shape index (κ1) is 21.2. The van der Waals surface area contributed by atoms with Crippen molar-refractivity contribution in [2.45, 2.75) is 37.9 Å². The van der Waals surface area contributed by atoms with Gasteiger partial charge in [-0.3, -0.25) is 4.79 Å². The Balaban J connectivity index is 1.75. The van der Waals surface area contributed by atoms with E-state index in [2.05, 4.69) is 0 Å². The molecule has 154 valence electrons. The Morgan fingerprint density at radius 2 is 1.62 bits per heavy atom. The number of nitrogens with zero attached hydrogens (tertiary/aromatic N) is 1. The molecule has 0 spiro atoms. The third kappa shape index (κ3) is 4.90. The Labute approximate surface area is 170 Å². The first-order valence-electron chi connectivity index (χ1n) is 9.25. The lowest BCUT2D eigenvalue weighted by molar-refractivity contribution is -0.0440. The van der Waals surface area contributed by atoms with Crippen LogP contribution in [0.15, 0.2) is 53.4 Å². The summed E-state index contributed by atoms with van der Waals surface area (Å²) >= 11 is 0. The monoisotopic (exact) mass is 417 g/mol. The Morgan fingerprint density at radius 1 is 1.00 bits per heavy atom. The topological polar surface area (TPSA) is 90.0 Å². The Bertz CT molecular complexity index is 1010. The van der Waals surface area contributed by atoms with Crippen LogP contribution >= 0.6 is 0 Å². The van der Waals surface area contributed by atoms with E-state index in [0.29, 0.717) is 5.56 Å². The number of carbonyl (C=O) groups excluding carboxylic acids is 2. The van der Waals surface area contributed by atoms with E-state index in [0.717, 1.165) is 0 Å². The van der Waals surface area contributed by atoms with Gasteiger partial charge in [0, 0.05) is 18.7 Å². The molecule has 0 unspecified atom stereocenters. The number of sulfonamides is 1. The number of ketones is 1. The Kier molecular flexibility index (Phi) is 6.16. The van der Waals surface area contributed by atoms with Crippen molar-refractivity contribution in [1.82, 2.24) is 4.31 Å². The summed E-state index contributed by atoms with van der Waals surface area (Å²) < 4.78 is 38.0. The van der Waals surface area contributed by atoms with Crippen molar-refractivity contribution in [2.75, 3.05) is 13.1 Å². The zero-order valence-corrected chi connectivity index (χ0v) is 17.3. The SMILES string of the molecule is CC(=O)c1cccc(OC(=O)c2ccc(S(=O)(=O)N3C[C@@H](C)O[C@@H](C)C3)cc2)c1. The quantitative estimate of drug-likeness (QED) is 0.422. The predicted octanol–water partition coefficient (Wildman–Crippen LogP) is 2.91. The van der Waals surface area contributed by atoms with Gasteiger partial charge in [-0.15, -0.1) is 0 Å². The molecule has 0 aromatic heterocycles. The summed E-state index contributed by atoms with van der Waals surface area (Å²) in [6.07, 6.45) is -0.373. The molecule has 1 fully saturated rings. The average molecular weight is 417 g/mol. The first-order chi connectivity index (χ1) is 13.7. The maximum Gasteiger partial charge on any atom is 0.343 e. The zero-order valence-electron chi connectivity index (χ0n) is 16.5. The van der Waals surface area contributed by atoms with Gasteiger partial charge in [0.05, 0.1) is 22.7 Å². The van der Waals surface area contributed by atoms with Crippen LogP contribution in [0.5, 0.6) is 5.75 Å². The highest BCUT2D eigenvalue weighted by molar-refractivity contribution is 7.89. The second-order valence-electron chi connectivity index (χ2n) is 7.08. The minimum absolute atomic E-state index is 0.105. The lowest BCUT2D eigenvalue weighted by atomic mass is 10.1. The van der Waals surface area contributed by atoms with Gasteiger partial charge in [0.15, 0.2) is 5.78 Å². The van der Waals surface area contributed by atoms with Gasteiger partial charge in [-0.25, -0.2) is 13.2 Å². The highest BCUT2D eigenvalue weighted by Gasteiger charge is 2.32. The van der Waals surface area contributed by atoms with Gasteiger partial charge in [-0.1, -0.05) is 12.1 Å². The largest absolute Gasteiger partial charge is 0.423 e. The molecule has 2 atom stereocenters. The lowest BCUT2D eigenvalue weighted by Crippen LogP contribution is -2.48. The van der Waals surface area contributed by atoms with Crippen molar-refractivity contribution in [3.05, 3.63) is 59.7 Å². The van der Waals surface area contributed by atoms with Gasteiger partial charge in [-0.05, 0) is 57.2 Å². The van der Waals surface area contributed by atoms with E-state index < -0.39 is 16.0 Å². The lowest BCUT2D eigenvalue weighted by Gasteiger charge is -2.34. The Morgan fingerprint density at radius 3 is 2.21 bits per heavy atom. The van der Waals surface area contributed by atoms with Crippen molar-refractivity contribution in [2.24, 2.45) is 0 Å². The van der Waals surface area contributed by atoms with Gasteiger partial charge in [0.2, 0.25) is 10.0 Å². The van der Waals surface area contributed by atoms with Gasteiger partial charge in [0.25, 0.3) is 0 Å². The van der Waals surface area contributed by atoms with Gasteiger partial charge in [0.1, 0.15) is 5.75 Å². The van der Waals surface area contributed by atoms with Crippen LogP contribution in [0.3, 0.4) is 0 Å². The van der Waals surface area contributed by atoms with E-state index in [1.807, 2.05) is 13.8 Å². The molecule has 0 radical (unpaired) electrons. The molecule has 2 aromatic carbocycles. The normalized spacial score (nSPS) is 20.2. The molecule has 0 N–H and O–H groups in total. The average Bonchev–Trinajstić information content (AvgIpc) is 2.67. The summed E-state index contributed by atoms with van der Waals surface area (Å²) in [6.45, 7) is 5.65. The smallest absolute Gasteiger partial charge is 0.343 e. The summed E-state index contributed by atoms with van der Waals surface area (Å²) in [5.41, 5.74) is 0.645. The maximum atomic E-state index is 12.9. The molecule has 0 bridgehead atoms. The molecule has 29 heavy (non-hydrogen) atoms. The van der Waals surface area contributed by atoms with E-state index in [1.54, 1.807) is 18.2 Å². The minimum Gasteiger partial charge on any atom is -0.423 e. The minimum atomic E-state index is -3.68. The van der Waals surface area contributed by atoms with Crippen LogP contribution in [0.25, 0.3) is 0 Å². The number of Topliss-reactive ketones (excluding diaryl/α,β-unsaturated/α-hetero) is 1. The van der Waals surface area contributed by atoms with E-state index >= 15 is 0 Å². The summed E-state index contributed by atoms with van der Waals surface area (Å²) in [4.78, 5) is 23.9. The number of hydrogen-bond acceptors (Lipinski definition) is 6. The Hall–Kier alpha value is -2.55. The van der Waals surface area contributed by atoms with E-state index in [-0.39, 0.29) is 47.3 Å². The van der Waals surface area contributed by atoms with Crippen LogP contribution < -0.4 is 4.74 Å². The van der Waals surface area contributed by atoms with Gasteiger partial charge < -0.3 is 9.47 Å². The van der Waals surface area contributed by atoms with Crippen molar-refractivity contribution in [3.63, 3.8) is 0 Å². The van der Waals surface area contributed by atoms with Gasteiger partial charge >= 0.3 is 5.97 Å². The standard InChI is InChI=1S/C21H23NO6S/c1-14-12-22(13-15(2)27-14)29(25,26)20-9-7-17(8-10-20)21(24)28-19-6-4-5-18(11-19)16(3)23/h4-11,14-15H,12-13H2,1-3H3/t14-,15+. The van der Waals surface area contributed by atoms with E-state index in [1.165, 1.54) is 41.6 Å². The summed E-state index contributed by atoms with van der Waals surface area (Å²) in [7, 11) is -3.68. The highest BCUT2D eigenvalue weighted by atomic mass is 32.2. The van der Waals surface area contributed by atoms with Crippen LogP contribution in [0.1, 0.15) is 41.5 Å². The third-order valence-corrected chi connectivity index (χ3v) is 6.41. The van der Waals surface area contributed by atoms with Crippen LogP contribution in [0.2, 0.25) is 0 Å². The number of esters is 1. The van der Waals surface area contributed by atoms with Crippen LogP contribution in [-0.4, -0.2) is 49.8 Å². The number of benzene rings is 2. The van der Waals surface area contributed by atoms with Crippen LogP contribution in [0, 0.1) is 0 Å². The number of ether oxygens (including phenoxy) is 2. The summed E-state index contributed by atoms with van der Waals surface area (Å²) in [5, 5.41) is 0. The number of morpholine rings is 1. The predicted molar refractivity (Wildman–Crippen MR) is 107 cm³/mol. The van der Waals surface area contributed by atoms with Gasteiger partial charge in [-0.2, -0.15) is 4.31 Å². The molecule has 0 saturated carbocycles. The van der Waals surface area contributed by atoms with Crippen LogP contribution in [-0.2, 0) is 14.8 Å². The molecule has 0 amide bonds. The molecule has 8 heteroatoms. The second-order valence-corrected chi connectivity index (χ2v) is 9.02. The fourth-order valence-electron chi connectivity index (χ4n) is 3.18. The summed E-state index contributed by atoms with van der Waals surface area (Å²) in [5.74, 6) is -0.525. The third-order valence-electron chi connectivity index (χ3n) is 4.57. The van der Waals surface area contributed by atoms with Crippen molar-refractivity contribution < 1.29 is 27.5 Å². The molecular formula is C21H23NO6S. The molecule has 1 aliphatic heterocycles. The molecule has 3 rings (SSSR count). The maximum absolute atomic E-state index is 12.9. The number of hydrogen-bond donors (Lipinski definition) is 0. The zero-order chi connectivity index (χ0) is 21.2. The summed E-state index contributed by atoms with van der Waals surface area (Å²) in [6, 6.07) is 11.9. The number of carbonyl (C=O) groups is 2. The van der Waals surface area contributed by atoms with E-state index in [9.17, 15) is 18.0 Å². The van der Waals surface area contributed by atoms with Crippen LogP contribution in [0.4, 0.5) is 0 Å². The molecule has 1 saturated heterocycles. The molecule has 1 heterocycles. The molecule has 1 aliphatic rings. The van der Waals surface area contributed by atoms with Crippen molar-refractivity contribution in [1.29, 1.82) is 0 Å². The second kappa shape index (κ2) is 8.44. The van der Waals surface area contributed by atoms with Crippen molar-refractivity contribution in [3.8, 4) is 5.75 Å². The molecule has 2 aromatic rings. The highest BCUT2D eigenvalue weighted by Crippen LogP contribution is 2.22. The number of rotatable bonds is 5. The fraction of sp³-hybridized carbons (Fsp3) is 0.333. The van der Waals surface area contributed by atoms with Crippen molar-refractivity contribution >= 4 is 21.8 Å². The first-order valence-corrected chi connectivity index (χ1v) is 10.7. The molecular weight excluding hydrogens is 394 g/mol. The fourth-order valence-corrected chi connectivity index (χ4v) is 4.77. The molecule has 7 nitrogen and oxygen atoms in total. The molecule has 0 aliphatic carbocycles.